The van der Waals surface area contributed by atoms with E-state index < -0.39 is 0 Å². The van der Waals surface area contributed by atoms with Gasteiger partial charge in [0.2, 0.25) is 5.91 Å². The van der Waals surface area contributed by atoms with Crippen LogP contribution in [0.2, 0.25) is 0 Å². The Balaban J connectivity index is 2.38. The Morgan fingerprint density at radius 2 is 1.68 bits per heavy atom. The maximum Gasteiger partial charge on any atom is 0.233 e. The average molecular weight is 268 g/mol. The van der Waals surface area contributed by atoms with Crippen LogP contribution in [-0.2, 0) is 4.79 Å². The second-order valence-corrected chi connectivity index (χ2v) is 8.19. The molecule has 1 saturated carbocycles. The number of carbonyl (C=O) groups is 1. The van der Waals surface area contributed by atoms with Gasteiger partial charge in [0, 0.05) is 12.6 Å². The van der Waals surface area contributed by atoms with Gasteiger partial charge in [-0.05, 0) is 36.0 Å². The second-order valence-electron chi connectivity index (χ2n) is 8.19. The van der Waals surface area contributed by atoms with E-state index in [4.69, 9.17) is 0 Å². The van der Waals surface area contributed by atoms with E-state index in [9.17, 15) is 4.79 Å². The summed E-state index contributed by atoms with van der Waals surface area (Å²) < 4.78 is 0. The third-order valence-corrected chi connectivity index (χ3v) is 3.81. The van der Waals surface area contributed by atoms with E-state index in [0.29, 0.717) is 29.3 Å². The van der Waals surface area contributed by atoms with E-state index in [2.05, 4.69) is 52.2 Å². The fraction of sp³-hybridized carbons (Fsp3) is 0.938. The number of nitrogens with one attached hydrogen (secondary N) is 2. The van der Waals surface area contributed by atoms with Crippen molar-refractivity contribution < 1.29 is 4.79 Å². The van der Waals surface area contributed by atoms with Crippen LogP contribution in [0.25, 0.3) is 0 Å². The number of amides is 1. The van der Waals surface area contributed by atoms with Gasteiger partial charge in [0.05, 0.1) is 6.54 Å². The van der Waals surface area contributed by atoms with Crippen LogP contribution >= 0.6 is 0 Å². The van der Waals surface area contributed by atoms with E-state index in [-0.39, 0.29) is 5.91 Å². The van der Waals surface area contributed by atoms with Crippen LogP contribution in [0.4, 0.5) is 0 Å². The van der Waals surface area contributed by atoms with Crippen molar-refractivity contribution in [1.82, 2.24) is 10.6 Å². The summed E-state index contributed by atoms with van der Waals surface area (Å²) in [4.78, 5) is 11.7. The molecule has 0 spiro atoms. The molecule has 0 saturated heterocycles. The Morgan fingerprint density at radius 1 is 1.16 bits per heavy atom. The van der Waals surface area contributed by atoms with Crippen LogP contribution in [0.5, 0.6) is 0 Å². The molecule has 3 heteroatoms. The number of hydrogen-bond donors (Lipinski definition) is 2. The number of hydrogen-bond acceptors (Lipinski definition) is 2. The molecule has 0 heterocycles. The Labute approximate surface area is 118 Å². The fourth-order valence-corrected chi connectivity index (χ4v) is 3.61. The lowest BCUT2D eigenvalue weighted by Gasteiger charge is -2.45. The summed E-state index contributed by atoms with van der Waals surface area (Å²) in [5.41, 5.74) is 0.738. The van der Waals surface area contributed by atoms with Gasteiger partial charge in [-0.3, -0.25) is 4.79 Å². The average Bonchev–Trinajstić information content (AvgIpc) is 2.19. The van der Waals surface area contributed by atoms with Gasteiger partial charge in [-0.25, -0.2) is 0 Å². The van der Waals surface area contributed by atoms with Crippen LogP contribution in [0.3, 0.4) is 0 Å². The summed E-state index contributed by atoms with van der Waals surface area (Å²) in [5, 5.41) is 6.41. The van der Waals surface area contributed by atoms with Crippen molar-refractivity contribution in [3.8, 4) is 0 Å². The summed E-state index contributed by atoms with van der Waals surface area (Å²) in [7, 11) is 0. The minimum absolute atomic E-state index is 0.120. The molecule has 0 unspecified atom stereocenters. The Morgan fingerprint density at radius 3 is 2.16 bits per heavy atom. The van der Waals surface area contributed by atoms with E-state index in [1.165, 1.54) is 6.42 Å². The van der Waals surface area contributed by atoms with E-state index in [1.54, 1.807) is 0 Å². The maximum absolute atomic E-state index is 11.7. The van der Waals surface area contributed by atoms with Crippen LogP contribution < -0.4 is 10.6 Å². The standard InChI is InChI=1S/C16H32N2O/c1-12(2)9-18-14(19)10-17-13-7-15(3,4)11-16(5,6)8-13/h12-13,17H,7-11H2,1-6H3,(H,18,19). The first-order valence-electron chi connectivity index (χ1n) is 7.60. The molecule has 0 aromatic heterocycles. The molecule has 1 rings (SSSR count). The van der Waals surface area contributed by atoms with Gasteiger partial charge >= 0.3 is 0 Å². The maximum atomic E-state index is 11.7. The van der Waals surface area contributed by atoms with Gasteiger partial charge in [-0.1, -0.05) is 41.5 Å². The highest BCUT2D eigenvalue weighted by Crippen LogP contribution is 2.45. The van der Waals surface area contributed by atoms with E-state index in [1.807, 2.05) is 0 Å². The molecule has 1 aliphatic carbocycles. The first kappa shape index (κ1) is 16.5. The van der Waals surface area contributed by atoms with Crippen molar-refractivity contribution in [2.24, 2.45) is 16.7 Å². The molecule has 0 atom stereocenters. The monoisotopic (exact) mass is 268 g/mol. The first-order chi connectivity index (χ1) is 8.60. The molecule has 1 amide bonds. The van der Waals surface area contributed by atoms with Crippen LogP contribution in [-0.4, -0.2) is 25.0 Å². The van der Waals surface area contributed by atoms with Crippen molar-refractivity contribution in [2.75, 3.05) is 13.1 Å². The molecule has 1 fully saturated rings. The summed E-state index contributed by atoms with van der Waals surface area (Å²) in [6.45, 7) is 14.8. The normalized spacial score (nSPS) is 22.5. The molecule has 0 bridgehead atoms. The van der Waals surface area contributed by atoms with Gasteiger partial charge < -0.3 is 10.6 Å². The van der Waals surface area contributed by atoms with Gasteiger partial charge in [0.25, 0.3) is 0 Å². The van der Waals surface area contributed by atoms with Crippen molar-refractivity contribution in [3.63, 3.8) is 0 Å². The highest BCUT2D eigenvalue weighted by molar-refractivity contribution is 5.77. The molecular formula is C16H32N2O. The molecule has 0 aliphatic heterocycles. The predicted octanol–water partition coefficient (Wildman–Crippen LogP) is 2.95. The Bertz CT molecular complexity index is 292. The minimum atomic E-state index is 0.120. The van der Waals surface area contributed by atoms with E-state index >= 15 is 0 Å². The van der Waals surface area contributed by atoms with Crippen LogP contribution in [0, 0.1) is 16.7 Å². The van der Waals surface area contributed by atoms with Gasteiger partial charge in [-0.2, -0.15) is 0 Å². The summed E-state index contributed by atoms with van der Waals surface area (Å²) in [6.07, 6.45) is 3.58. The molecule has 19 heavy (non-hydrogen) atoms. The van der Waals surface area contributed by atoms with Gasteiger partial charge in [-0.15, -0.1) is 0 Å². The number of carbonyl (C=O) groups excluding carboxylic acids is 1. The second kappa shape index (κ2) is 6.25. The third kappa shape index (κ3) is 6.42. The van der Waals surface area contributed by atoms with Crippen molar-refractivity contribution in [2.45, 2.75) is 66.8 Å². The molecule has 0 radical (unpaired) electrons. The lowest BCUT2D eigenvalue weighted by atomic mass is 9.63. The number of rotatable bonds is 5. The summed E-state index contributed by atoms with van der Waals surface area (Å²) in [6, 6.07) is 0.462. The van der Waals surface area contributed by atoms with Gasteiger partial charge in [0.15, 0.2) is 0 Å². The predicted molar refractivity (Wildman–Crippen MR) is 81.1 cm³/mol. The molecule has 112 valence electrons. The molecule has 0 aromatic carbocycles. The Kier molecular flexibility index (Phi) is 5.43. The largest absolute Gasteiger partial charge is 0.355 e. The summed E-state index contributed by atoms with van der Waals surface area (Å²) in [5.74, 6) is 0.631. The molecule has 0 aromatic rings. The first-order valence-corrected chi connectivity index (χ1v) is 7.60. The third-order valence-electron chi connectivity index (χ3n) is 3.81. The van der Waals surface area contributed by atoms with Gasteiger partial charge in [0.1, 0.15) is 0 Å². The Hall–Kier alpha value is -0.570. The van der Waals surface area contributed by atoms with Crippen LogP contribution in [0.1, 0.15) is 60.8 Å². The fourth-order valence-electron chi connectivity index (χ4n) is 3.61. The molecule has 1 aliphatic rings. The SMILES string of the molecule is CC(C)CNC(=O)CNC1CC(C)(C)CC(C)(C)C1. The highest BCUT2D eigenvalue weighted by Gasteiger charge is 2.38. The smallest absolute Gasteiger partial charge is 0.233 e. The van der Waals surface area contributed by atoms with E-state index in [0.717, 1.165) is 19.4 Å². The zero-order valence-electron chi connectivity index (χ0n) is 13.6. The zero-order valence-corrected chi connectivity index (χ0v) is 13.6. The quantitative estimate of drug-likeness (QED) is 0.805. The van der Waals surface area contributed by atoms with Crippen molar-refractivity contribution >= 4 is 5.91 Å². The van der Waals surface area contributed by atoms with Crippen molar-refractivity contribution in [1.29, 1.82) is 0 Å². The molecule has 2 N–H and O–H groups in total. The molecular weight excluding hydrogens is 236 g/mol. The van der Waals surface area contributed by atoms with Crippen molar-refractivity contribution in [3.05, 3.63) is 0 Å². The highest BCUT2D eigenvalue weighted by atomic mass is 16.1. The lowest BCUT2D eigenvalue weighted by Crippen LogP contribution is -2.47. The summed E-state index contributed by atoms with van der Waals surface area (Å²) >= 11 is 0. The van der Waals surface area contributed by atoms with Crippen LogP contribution in [0.15, 0.2) is 0 Å². The minimum Gasteiger partial charge on any atom is -0.355 e. The topological polar surface area (TPSA) is 41.1 Å². The molecule has 3 nitrogen and oxygen atoms in total. The zero-order chi connectivity index (χ0) is 14.7. The lowest BCUT2D eigenvalue weighted by molar-refractivity contribution is -0.120.